The fourth-order valence-electron chi connectivity index (χ4n) is 3.47. The van der Waals surface area contributed by atoms with Crippen molar-refractivity contribution in [3.05, 3.63) is 17.6 Å². The van der Waals surface area contributed by atoms with Gasteiger partial charge in [0.15, 0.2) is 0 Å². The Balaban J connectivity index is 1.64. The molecule has 0 aromatic carbocycles. The minimum Gasteiger partial charge on any atom is -0.478 e. The zero-order valence-electron chi connectivity index (χ0n) is 14.1. The van der Waals surface area contributed by atoms with E-state index in [1.54, 1.807) is 6.33 Å². The van der Waals surface area contributed by atoms with Crippen LogP contribution in [0.4, 0.5) is 0 Å². The number of likely N-dealkylation sites (tertiary alicyclic amines) is 1. The van der Waals surface area contributed by atoms with Gasteiger partial charge < -0.3 is 9.64 Å². The monoisotopic (exact) mass is 318 g/mol. The van der Waals surface area contributed by atoms with Gasteiger partial charge in [0.1, 0.15) is 6.33 Å². The summed E-state index contributed by atoms with van der Waals surface area (Å²) < 4.78 is 5.61. The van der Waals surface area contributed by atoms with Crippen molar-refractivity contribution < 1.29 is 9.53 Å². The second-order valence-electron chi connectivity index (χ2n) is 6.58. The molecule has 0 aliphatic carbocycles. The molecule has 1 fully saturated rings. The van der Waals surface area contributed by atoms with Crippen LogP contribution in [-0.2, 0) is 17.8 Å². The molecule has 2 aliphatic rings. The molecule has 0 radical (unpaired) electrons. The van der Waals surface area contributed by atoms with Gasteiger partial charge in [-0.25, -0.2) is 9.97 Å². The number of aromatic nitrogens is 2. The standard InChI is InChI=1S/C17H26N4O2/c1-3-23-17-14-10-20(8-6-15(14)18-12-19-17)11-16(22)21-7-4-5-13(2)9-21/h12-13H,3-11H2,1-2H3. The molecule has 1 aromatic heterocycles. The van der Waals surface area contributed by atoms with E-state index in [0.717, 1.165) is 43.7 Å². The van der Waals surface area contributed by atoms with Crippen LogP contribution in [0.15, 0.2) is 6.33 Å². The quantitative estimate of drug-likeness (QED) is 0.842. The Bertz CT molecular complexity index is 564. The average Bonchev–Trinajstić information content (AvgIpc) is 2.55. The van der Waals surface area contributed by atoms with Crippen molar-refractivity contribution in [3.63, 3.8) is 0 Å². The zero-order valence-corrected chi connectivity index (χ0v) is 14.1. The van der Waals surface area contributed by atoms with Crippen LogP contribution in [0.25, 0.3) is 0 Å². The summed E-state index contributed by atoms with van der Waals surface area (Å²) in [4.78, 5) is 25.4. The average molecular weight is 318 g/mol. The summed E-state index contributed by atoms with van der Waals surface area (Å²) in [5.74, 6) is 1.53. The number of hydrogen-bond donors (Lipinski definition) is 0. The van der Waals surface area contributed by atoms with Crippen molar-refractivity contribution in [2.24, 2.45) is 5.92 Å². The first-order chi connectivity index (χ1) is 11.2. The summed E-state index contributed by atoms with van der Waals surface area (Å²) in [6.07, 6.45) is 4.77. The maximum atomic E-state index is 12.6. The van der Waals surface area contributed by atoms with Crippen molar-refractivity contribution in [3.8, 4) is 5.88 Å². The van der Waals surface area contributed by atoms with Gasteiger partial charge in [0.25, 0.3) is 0 Å². The van der Waals surface area contributed by atoms with Crippen molar-refractivity contribution >= 4 is 5.91 Å². The molecule has 2 aliphatic heterocycles. The van der Waals surface area contributed by atoms with Crippen LogP contribution in [0, 0.1) is 5.92 Å². The van der Waals surface area contributed by atoms with E-state index >= 15 is 0 Å². The lowest BCUT2D eigenvalue weighted by Gasteiger charge is -2.34. The number of carbonyl (C=O) groups excluding carboxylic acids is 1. The van der Waals surface area contributed by atoms with Crippen LogP contribution < -0.4 is 4.74 Å². The van der Waals surface area contributed by atoms with Gasteiger partial charge in [-0.3, -0.25) is 9.69 Å². The topological polar surface area (TPSA) is 58.6 Å². The van der Waals surface area contributed by atoms with Crippen molar-refractivity contribution in [1.82, 2.24) is 19.8 Å². The highest BCUT2D eigenvalue weighted by Crippen LogP contribution is 2.24. The molecule has 0 saturated carbocycles. The molecule has 0 N–H and O–H groups in total. The van der Waals surface area contributed by atoms with Crippen molar-refractivity contribution in [2.75, 3.05) is 32.8 Å². The predicted molar refractivity (Wildman–Crippen MR) is 87.2 cm³/mol. The molecule has 0 bridgehead atoms. The lowest BCUT2D eigenvalue weighted by molar-refractivity contribution is -0.134. The number of nitrogens with zero attached hydrogens (tertiary/aromatic N) is 4. The third-order valence-corrected chi connectivity index (χ3v) is 4.69. The Morgan fingerprint density at radius 3 is 3.04 bits per heavy atom. The molecular weight excluding hydrogens is 292 g/mol. The van der Waals surface area contributed by atoms with E-state index in [0.29, 0.717) is 31.5 Å². The molecule has 23 heavy (non-hydrogen) atoms. The number of fused-ring (bicyclic) bond motifs is 1. The normalized spacial score (nSPS) is 21.8. The highest BCUT2D eigenvalue weighted by molar-refractivity contribution is 5.78. The van der Waals surface area contributed by atoms with Gasteiger partial charge in [-0.2, -0.15) is 0 Å². The summed E-state index contributed by atoms with van der Waals surface area (Å²) in [6.45, 7) is 8.61. The number of hydrogen-bond acceptors (Lipinski definition) is 5. The van der Waals surface area contributed by atoms with Gasteiger partial charge in [0.2, 0.25) is 11.8 Å². The van der Waals surface area contributed by atoms with Gasteiger partial charge in [0.05, 0.1) is 18.8 Å². The summed E-state index contributed by atoms with van der Waals surface area (Å²) in [5, 5.41) is 0. The van der Waals surface area contributed by atoms with Gasteiger partial charge in [-0.05, 0) is 25.7 Å². The smallest absolute Gasteiger partial charge is 0.236 e. The molecule has 0 spiro atoms. The summed E-state index contributed by atoms with van der Waals surface area (Å²) in [6, 6.07) is 0. The number of piperidine rings is 1. The van der Waals surface area contributed by atoms with E-state index in [4.69, 9.17) is 4.74 Å². The first-order valence-electron chi connectivity index (χ1n) is 8.63. The molecule has 6 nitrogen and oxygen atoms in total. The maximum Gasteiger partial charge on any atom is 0.236 e. The SMILES string of the molecule is CCOc1ncnc2c1CN(CC(=O)N1CCCC(C)C1)CC2. The van der Waals surface area contributed by atoms with Crippen LogP contribution in [0.1, 0.15) is 37.9 Å². The van der Waals surface area contributed by atoms with Crippen LogP contribution in [0.3, 0.4) is 0 Å². The zero-order chi connectivity index (χ0) is 16.2. The third kappa shape index (κ3) is 3.80. The highest BCUT2D eigenvalue weighted by atomic mass is 16.5. The van der Waals surface area contributed by atoms with E-state index < -0.39 is 0 Å². The third-order valence-electron chi connectivity index (χ3n) is 4.69. The van der Waals surface area contributed by atoms with Crippen molar-refractivity contribution in [2.45, 2.75) is 39.7 Å². The molecule has 1 unspecified atom stereocenters. The minimum atomic E-state index is 0.245. The van der Waals surface area contributed by atoms with E-state index in [1.165, 1.54) is 6.42 Å². The van der Waals surface area contributed by atoms with Gasteiger partial charge in [-0.15, -0.1) is 0 Å². The second-order valence-corrected chi connectivity index (χ2v) is 6.58. The second kappa shape index (κ2) is 7.25. The van der Waals surface area contributed by atoms with E-state index in [2.05, 4.69) is 21.8 Å². The van der Waals surface area contributed by atoms with E-state index in [-0.39, 0.29) is 5.91 Å². The number of rotatable bonds is 4. The lowest BCUT2D eigenvalue weighted by atomic mass is 10.00. The molecule has 3 heterocycles. The van der Waals surface area contributed by atoms with Crippen LogP contribution >= 0.6 is 0 Å². The molecule has 1 aromatic rings. The first-order valence-corrected chi connectivity index (χ1v) is 8.63. The minimum absolute atomic E-state index is 0.245. The summed E-state index contributed by atoms with van der Waals surface area (Å²) in [5.41, 5.74) is 2.10. The molecule has 1 saturated heterocycles. The highest BCUT2D eigenvalue weighted by Gasteiger charge is 2.26. The Hall–Kier alpha value is -1.69. The Morgan fingerprint density at radius 2 is 2.26 bits per heavy atom. The fraction of sp³-hybridized carbons (Fsp3) is 0.706. The number of ether oxygens (including phenoxy) is 1. The Morgan fingerprint density at radius 1 is 1.39 bits per heavy atom. The first kappa shape index (κ1) is 16.2. The molecular formula is C17H26N4O2. The number of amides is 1. The van der Waals surface area contributed by atoms with E-state index in [9.17, 15) is 4.79 Å². The predicted octanol–water partition coefficient (Wildman–Crippen LogP) is 1.49. The van der Waals surface area contributed by atoms with Gasteiger partial charge >= 0.3 is 0 Å². The molecule has 1 atom stereocenters. The molecule has 3 rings (SSSR count). The van der Waals surface area contributed by atoms with Crippen LogP contribution in [0.5, 0.6) is 5.88 Å². The lowest BCUT2D eigenvalue weighted by Crippen LogP contribution is -2.45. The van der Waals surface area contributed by atoms with Gasteiger partial charge in [-0.1, -0.05) is 6.92 Å². The van der Waals surface area contributed by atoms with Gasteiger partial charge in [0, 0.05) is 38.2 Å². The summed E-state index contributed by atoms with van der Waals surface area (Å²) in [7, 11) is 0. The van der Waals surface area contributed by atoms with E-state index in [1.807, 2.05) is 11.8 Å². The van der Waals surface area contributed by atoms with Crippen LogP contribution in [-0.4, -0.2) is 58.5 Å². The fourth-order valence-corrected chi connectivity index (χ4v) is 3.47. The molecule has 126 valence electrons. The maximum absolute atomic E-state index is 12.6. The molecule has 6 heteroatoms. The Kier molecular flexibility index (Phi) is 5.10. The summed E-state index contributed by atoms with van der Waals surface area (Å²) >= 11 is 0. The largest absolute Gasteiger partial charge is 0.478 e. The Labute approximate surface area is 137 Å². The van der Waals surface area contributed by atoms with Crippen molar-refractivity contribution in [1.29, 1.82) is 0 Å². The number of carbonyl (C=O) groups is 1. The molecule has 1 amide bonds. The van der Waals surface area contributed by atoms with Crippen LogP contribution in [0.2, 0.25) is 0 Å².